The quantitative estimate of drug-likeness (QED) is 0.747. The summed E-state index contributed by atoms with van der Waals surface area (Å²) in [6, 6.07) is 0.625. The van der Waals surface area contributed by atoms with Crippen LogP contribution in [0.4, 0.5) is 4.79 Å². The van der Waals surface area contributed by atoms with E-state index in [9.17, 15) is 4.79 Å². The van der Waals surface area contributed by atoms with E-state index in [1.165, 1.54) is 64.2 Å². The smallest absolute Gasteiger partial charge is 0.317 e. The van der Waals surface area contributed by atoms with E-state index in [2.05, 4.69) is 5.32 Å². The van der Waals surface area contributed by atoms with Crippen molar-refractivity contribution in [3.8, 4) is 0 Å². The van der Waals surface area contributed by atoms with Gasteiger partial charge in [-0.15, -0.1) is 0 Å². The number of nitrogens with one attached hydrogen (secondary N) is 1. The van der Waals surface area contributed by atoms with Crippen molar-refractivity contribution in [2.24, 2.45) is 0 Å². The first-order chi connectivity index (χ1) is 8.36. The predicted molar refractivity (Wildman–Crippen MR) is 70.1 cm³/mol. The molecule has 0 unspecified atom stereocenters. The molecule has 2 amide bonds. The number of piperidine rings is 1. The first-order valence-electron chi connectivity index (χ1n) is 7.42. The SMILES string of the molecule is O=C(NC1CCCCCCC1)N1CCCCC1. The van der Waals surface area contributed by atoms with Crippen molar-refractivity contribution in [2.75, 3.05) is 13.1 Å². The highest BCUT2D eigenvalue weighted by atomic mass is 16.2. The van der Waals surface area contributed by atoms with Crippen LogP contribution in [0.15, 0.2) is 0 Å². The number of hydrogen-bond donors (Lipinski definition) is 1. The lowest BCUT2D eigenvalue weighted by atomic mass is 9.97. The standard InChI is InChI=1S/C14H26N2O/c17-14(16-11-7-4-8-12-16)15-13-9-5-2-1-3-6-10-13/h13H,1-12H2,(H,15,17). The van der Waals surface area contributed by atoms with E-state index in [0.29, 0.717) is 6.04 Å². The Labute approximate surface area is 105 Å². The molecule has 1 saturated carbocycles. The second-order valence-electron chi connectivity index (χ2n) is 5.54. The molecule has 0 atom stereocenters. The van der Waals surface area contributed by atoms with Crippen molar-refractivity contribution >= 4 is 6.03 Å². The molecule has 0 radical (unpaired) electrons. The fraction of sp³-hybridized carbons (Fsp3) is 0.929. The van der Waals surface area contributed by atoms with Gasteiger partial charge in [0.05, 0.1) is 0 Å². The monoisotopic (exact) mass is 238 g/mol. The van der Waals surface area contributed by atoms with Crippen LogP contribution in [0, 0.1) is 0 Å². The van der Waals surface area contributed by atoms with Crippen LogP contribution >= 0.6 is 0 Å². The number of likely N-dealkylation sites (tertiary alicyclic amines) is 1. The van der Waals surface area contributed by atoms with Gasteiger partial charge in [0.15, 0.2) is 0 Å². The molecule has 3 heteroatoms. The van der Waals surface area contributed by atoms with Crippen molar-refractivity contribution < 1.29 is 4.79 Å². The first-order valence-corrected chi connectivity index (χ1v) is 7.42. The normalized spacial score (nSPS) is 23.9. The third-order valence-electron chi connectivity index (χ3n) is 4.08. The minimum atomic E-state index is 0.190. The second kappa shape index (κ2) is 6.87. The van der Waals surface area contributed by atoms with Crippen LogP contribution in [-0.2, 0) is 0 Å². The molecule has 2 fully saturated rings. The summed E-state index contributed by atoms with van der Waals surface area (Å²) in [5, 5.41) is 3.24. The fourth-order valence-electron chi connectivity index (χ4n) is 2.96. The van der Waals surface area contributed by atoms with E-state index in [-0.39, 0.29) is 6.03 Å². The van der Waals surface area contributed by atoms with Gasteiger partial charge in [-0.25, -0.2) is 4.79 Å². The maximum absolute atomic E-state index is 12.1. The number of urea groups is 1. The molecule has 2 aliphatic rings. The number of carbonyl (C=O) groups excluding carboxylic acids is 1. The number of nitrogens with zero attached hydrogens (tertiary/aromatic N) is 1. The van der Waals surface area contributed by atoms with Crippen LogP contribution in [0.2, 0.25) is 0 Å². The molecule has 1 aliphatic carbocycles. The van der Waals surface area contributed by atoms with Gasteiger partial charge in [0.2, 0.25) is 0 Å². The topological polar surface area (TPSA) is 32.3 Å². The van der Waals surface area contributed by atoms with Gasteiger partial charge in [0.25, 0.3) is 0 Å². The van der Waals surface area contributed by atoms with Crippen LogP contribution < -0.4 is 5.32 Å². The first kappa shape index (κ1) is 12.7. The van der Waals surface area contributed by atoms with E-state index in [1.807, 2.05) is 4.90 Å². The summed E-state index contributed by atoms with van der Waals surface area (Å²) in [5.74, 6) is 0. The number of rotatable bonds is 1. The lowest BCUT2D eigenvalue weighted by Crippen LogP contribution is -2.46. The summed E-state index contributed by atoms with van der Waals surface area (Å²) in [7, 11) is 0. The largest absolute Gasteiger partial charge is 0.335 e. The zero-order valence-corrected chi connectivity index (χ0v) is 10.9. The van der Waals surface area contributed by atoms with Gasteiger partial charge >= 0.3 is 6.03 Å². The number of amides is 2. The van der Waals surface area contributed by atoms with Crippen LogP contribution in [0.1, 0.15) is 64.2 Å². The van der Waals surface area contributed by atoms with Gasteiger partial charge in [0.1, 0.15) is 0 Å². The van der Waals surface area contributed by atoms with Gasteiger partial charge in [-0.3, -0.25) is 0 Å². The molecule has 3 nitrogen and oxygen atoms in total. The maximum atomic E-state index is 12.1. The Morgan fingerprint density at radius 1 is 0.824 bits per heavy atom. The molecule has 1 N–H and O–H groups in total. The summed E-state index contributed by atoms with van der Waals surface area (Å²) < 4.78 is 0. The molecule has 1 heterocycles. The van der Waals surface area contributed by atoms with Gasteiger partial charge in [0, 0.05) is 19.1 Å². The highest BCUT2D eigenvalue weighted by Crippen LogP contribution is 2.17. The summed E-state index contributed by atoms with van der Waals surface area (Å²) >= 11 is 0. The average Bonchev–Trinajstić information content (AvgIpc) is 2.33. The van der Waals surface area contributed by atoms with Crippen molar-refractivity contribution in [1.29, 1.82) is 0 Å². The summed E-state index contributed by atoms with van der Waals surface area (Å²) in [6.07, 6.45) is 12.6. The fourth-order valence-corrected chi connectivity index (χ4v) is 2.96. The van der Waals surface area contributed by atoms with Crippen LogP contribution in [0.5, 0.6) is 0 Å². The molecule has 0 spiro atoms. The van der Waals surface area contributed by atoms with Gasteiger partial charge < -0.3 is 10.2 Å². The highest BCUT2D eigenvalue weighted by molar-refractivity contribution is 5.74. The van der Waals surface area contributed by atoms with Crippen LogP contribution in [-0.4, -0.2) is 30.1 Å². The third-order valence-corrected chi connectivity index (χ3v) is 4.08. The Bertz CT molecular complexity index is 228. The molecule has 0 aromatic rings. The molecule has 2 rings (SSSR count). The Morgan fingerprint density at radius 2 is 1.35 bits per heavy atom. The summed E-state index contributed by atoms with van der Waals surface area (Å²) in [5.41, 5.74) is 0. The molecule has 0 aromatic heterocycles. The van der Waals surface area contributed by atoms with Crippen molar-refractivity contribution in [2.45, 2.75) is 70.3 Å². The van der Waals surface area contributed by atoms with Gasteiger partial charge in [-0.05, 0) is 32.1 Å². The average molecular weight is 238 g/mol. The minimum absolute atomic E-state index is 0.190. The van der Waals surface area contributed by atoms with E-state index in [4.69, 9.17) is 0 Å². The molecule has 17 heavy (non-hydrogen) atoms. The molecule has 0 aromatic carbocycles. The summed E-state index contributed by atoms with van der Waals surface area (Å²) in [4.78, 5) is 14.1. The lowest BCUT2D eigenvalue weighted by Gasteiger charge is -2.30. The molecular weight excluding hydrogens is 212 g/mol. The Kier molecular flexibility index (Phi) is 5.14. The van der Waals surface area contributed by atoms with Gasteiger partial charge in [-0.2, -0.15) is 0 Å². The highest BCUT2D eigenvalue weighted by Gasteiger charge is 2.19. The van der Waals surface area contributed by atoms with Crippen LogP contribution in [0.3, 0.4) is 0 Å². The van der Waals surface area contributed by atoms with Crippen molar-refractivity contribution in [3.63, 3.8) is 0 Å². The van der Waals surface area contributed by atoms with Crippen LogP contribution in [0.25, 0.3) is 0 Å². The summed E-state index contributed by atoms with van der Waals surface area (Å²) in [6.45, 7) is 1.91. The van der Waals surface area contributed by atoms with E-state index < -0.39 is 0 Å². The zero-order valence-electron chi connectivity index (χ0n) is 10.9. The molecular formula is C14H26N2O. The lowest BCUT2D eigenvalue weighted by molar-refractivity contribution is 0.180. The van der Waals surface area contributed by atoms with E-state index in [0.717, 1.165) is 13.1 Å². The zero-order chi connectivity index (χ0) is 11.9. The van der Waals surface area contributed by atoms with E-state index >= 15 is 0 Å². The van der Waals surface area contributed by atoms with E-state index in [1.54, 1.807) is 0 Å². The van der Waals surface area contributed by atoms with Gasteiger partial charge in [-0.1, -0.05) is 32.1 Å². The molecule has 0 bridgehead atoms. The Morgan fingerprint density at radius 3 is 2.00 bits per heavy atom. The van der Waals surface area contributed by atoms with Crippen molar-refractivity contribution in [3.05, 3.63) is 0 Å². The second-order valence-corrected chi connectivity index (χ2v) is 5.54. The third kappa shape index (κ3) is 4.21. The molecule has 1 saturated heterocycles. The molecule has 1 aliphatic heterocycles. The molecule has 98 valence electrons. The predicted octanol–water partition coefficient (Wildman–Crippen LogP) is 3.29. The Hall–Kier alpha value is -0.730. The minimum Gasteiger partial charge on any atom is -0.335 e. The number of hydrogen-bond acceptors (Lipinski definition) is 1. The number of carbonyl (C=O) groups is 1. The maximum Gasteiger partial charge on any atom is 0.317 e. The van der Waals surface area contributed by atoms with Crippen molar-refractivity contribution in [1.82, 2.24) is 10.2 Å². The Balaban J connectivity index is 1.75.